The lowest BCUT2D eigenvalue weighted by Crippen LogP contribution is -2.04. The second-order valence-corrected chi connectivity index (χ2v) is 18.0. The van der Waals surface area contributed by atoms with Crippen LogP contribution in [0, 0.1) is 0 Å². The highest BCUT2D eigenvalue weighted by molar-refractivity contribution is 6.24. The van der Waals surface area contributed by atoms with Gasteiger partial charge < -0.3 is 9.13 Å². The van der Waals surface area contributed by atoms with E-state index >= 15 is 0 Å². The van der Waals surface area contributed by atoms with Crippen LogP contribution in [0.5, 0.6) is 0 Å². The van der Waals surface area contributed by atoms with Gasteiger partial charge in [0.25, 0.3) is 5.95 Å². The van der Waals surface area contributed by atoms with Crippen molar-refractivity contribution in [3.05, 3.63) is 231 Å². The normalized spacial score (nSPS) is 12.1. The molecular weight excluding hydrogens is 841 g/mol. The zero-order chi connectivity index (χ0) is 45.2. The van der Waals surface area contributed by atoms with Crippen LogP contribution in [0.15, 0.2) is 231 Å². The number of fused-ring (bicyclic) bond motifs is 15. The van der Waals surface area contributed by atoms with Gasteiger partial charge in [0, 0.05) is 54.5 Å². The Morgan fingerprint density at radius 2 is 0.580 bits per heavy atom. The average Bonchev–Trinajstić information content (AvgIpc) is 4.06. The van der Waals surface area contributed by atoms with Crippen molar-refractivity contribution in [3.63, 3.8) is 0 Å². The minimum absolute atomic E-state index is 0.546. The summed E-state index contributed by atoms with van der Waals surface area (Å²) in [5.41, 5.74) is 15.3. The molecule has 0 aliphatic heterocycles. The van der Waals surface area contributed by atoms with Gasteiger partial charge in [0.1, 0.15) is 11.0 Å². The van der Waals surface area contributed by atoms with Gasteiger partial charge in [0.05, 0.1) is 33.1 Å². The molecule has 320 valence electrons. The summed E-state index contributed by atoms with van der Waals surface area (Å²) in [7, 11) is 0. The SMILES string of the molecule is c1ccc(-n2c3ccccc3c3cc(-c4ccc5c(c4)c4cc(-c6ccc7c(c6)c6ccccc6n7-c6ccccc6)ccc4c4nc(-n6c7ccccc7c7ccccc76)nnc54)ccc32)cc1. The number of para-hydroxylation sites is 6. The Labute approximate surface area is 395 Å². The largest absolute Gasteiger partial charge is 0.309 e. The Morgan fingerprint density at radius 3 is 1.04 bits per heavy atom. The van der Waals surface area contributed by atoms with E-state index in [-0.39, 0.29) is 0 Å². The van der Waals surface area contributed by atoms with Crippen molar-refractivity contribution in [2.75, 3.05) is 0 Å². The van der Waals surface area contributed by atoms with E-state index in [4.69, 9.17) is 15.2 Å². The zero-order valence-electron chi connectivity index (χ0n) is 37.1. The topological polar surface area (TPSA) is 53.5 Å². The summed E-state index contributed by atoms with van der Waals surface area (Å²) in [5.74, 6) is 0.546. The summed E-state index contributed by atoms with van der Waals surface area (Å²) in [5, 5.41) is 21.4. The molecule has 4 aromatic heterocycles. The fraction of sp³-hybridized carbons (Fsp3) is 0. The predicted octanol–water partition coefficient (Wildman–Crippen LogP) is 16.0. The minimum atomic E-state index is 0.546. The molecule has 0 aliphatic carbocycles. The van der Waals surface area contributed by atoms with Crippen LogP contribution in [0.3, 0.4) is 0 Å². The first-order valence-corrected chi connectivity index (χ1v) is 23.4. The van der Waals surface area contributed by atoms with Crippen molar-refractivity contribution < 1.29 is 0 Å². The van der Waals surface area contributed by atoms with E-state index in [2.05, 4.69) is 244 Å². The zero-order valence-corrected chi connectivity index (χ0v) is 37.1. The molecule has 0 radical (unpaired) electrons. The Hall–Kier alpha value is -9.39. The van der Waals surface area contributed by atoms with Crippen LogP contribution in [0.2, 0.25) is 0 Å². The highest BCUT2D eigenvalue weighted by atomic mass is 15.3. The highest BCUT2D eigenvalue weighted by Crippen LogP contribution is 2.42. The Morgan fingerprint density at radius 1 is 0.232 bits per heavy atom. The summed E-state index contributed by atoms with van der Waals surface area (Å²) in [6, 6.07) is 83.1. The predicted molar refractivity (Wildman–Crippen MR) is 286 cm³/mol. The number of rotatable bonds is 5. The van der Waals surface area contributed by atoms with E-state index in [0.717, 1.165) is 88.0 Å². The van der Waals surface area contributed by atoms with Crippen molar-refractivity contribution in [2.24, 2.45) is 0 Å². The number of benzene rings is 11. The second kappa shape index (κ2) is 14.6. The Balaban J connectivity index is 0.969. The lowest BCUT2D eigenvalue weighted by molar-refractivity contribution is 0.926. The van der Waals surface area contributed by atoms with Crippen molar-refractivity contribution in [1.29, 1.82) is 0 Å². The van der Waals surface area contributed by atoms with Gasteiger partial charge in [-0.3, -0.25) is 4.57 Å². The van der Waals surface area contributed by atoms with E-state index in [0.29, 0.717) is 5.95 Å². The molecule has 0 saturated heterocycles. The molecule has 69 heavy (non-hydrogen) atoms. The van der Waals surface area contributed by atoms with Crippen LogP contribution >= 0.6 is 0 Å². The van der Waals surface area contributed by atoms with Crippen molar-refractivity contribution in [3.8, 4) is 39.6 Å². The van der Waals surface area contributed by atoms with Crippen LogP contribution in [-0.4, -0.2) is 28.9 Å². The molecule has 0 N–H and O–H groups in total. The van der Waals surface area contributed by atoms with E-state index in [1.165, 1.54) is 43.6 Å². The molecule has 15 aromatic rings. The number of nitrogens with zero attached hydrogens (tertiary/aromatic N) is 6. The lowest BCUT2D eigenvalue weighted by atomic mass is 9.93. The molecule has 0 unspecified atom stereocenters. The fourth-order valence-corrected chi connectivity index (χ4v) is 11.2. The first-order chi connectivity index (χ1) is 34.2. The van der Waals surface area contributed by atoms with Gasteiger partial charge >= 0.3 is 0 Å². The van der Waals surface area contributed by atoms with Crippen LogP contribution in [-0.2, 0) is 0 Å². The van der Waals surface area contributed by atoms with Crippen LogP contribution < -0.4 is 0 Å². The summed E-state index contributed by atoms with van der Waals surface area (Å²) < 4.78 is 6.89. The van der Waals surface area contributed by atoms with Gasteiger partial charge in [-0.05, 0) is 118 Å². The van der Waals surface area contributed by atoms with Crippen molar-refractivity contribution in [2.45, 2.75) is 0 Å². The number of hydrogen-bond donors (Lipinski definition) is 0. The highest BCUT2D eigenvalue weighted by Gasteiger charge is 2.20. The second-order valence-electron chi connectivity index (χ2n) is 18.0. The molecule has 0 spiro atoms. The molecule has 0 fully saturated rings. The average molecular weight is 879 g/mol. The molecule has 4 heterocycles. The summed E-state index contributed by atoms with van der Waals surface area (Å²) in [4.78, 5) is 5.46. The van der Waals surface area contributed by atoms with Crippen molar-refractivity contribution in [1.82, 2.24) is 28.9 Å². The maximum atomic E-state index is 5.46. The molecule has 6 heteroatoms. The molecule has 0 atom stereocenters. The first-order valence-electron chi connectivity index (χ1n) is 23.4. The van der Waals surface area contributed by atoms with Gasteiger partial charge in [0.15, 0.2) is 0 Å². The van der Waals surface area contributed by atoms with Gasteiger partial charge in [0.2, 0.25) is 0 Å². The summed E-state index contributed by atoms with van der Waals surface area (Å²) in [6.45, 7) is 0. The third-order valence-corrected chi connectivity index (χ3v) is 14.3. The summed E-state index contributed by atoms with van der Waals surface area (Å²) in [6.07, 6.45) is 0. The molecule has 0 amide bonds. The van der Waals surface area contributed by atoms with Crippen LogP contribution in [0.1, 0.15) is 0 Å². The molecule has 0 bridgehead atoms. The smallest absolute Gasteiger partial charge is 0.255 e. The maximum absolute atomic E-state index is 5.46. The maximum Gasteiger partial charge on any atom is 0.255 e. The summed E-state index contributed by atoms with van der Waals surface area (Å²) >= 11 is 0. The van der Waals surface area contributed by atoms with E-state index in [1.807, 2.05) is 0 Å². The quantitative estimate of drug-likeness (QED) is 0.162. The van der Waals surface area contributed by atoms with Crippen LogP contribution in [0.4, 0.5) is 0 Å². The molecule has 6 nitrogen and oxygen atoms in total. The lowest BCUT2D eigenvalue weighted by Gasteiger charge is -2.14. The van der Waals surface area contributed by atoms with Gasteiger partial charge in [-0.2, -0.15) is 0 Å². The third kappa shape index (κ3) is 5.57. The molecule has 0 aliphatic rings. The molecule has 15 rings (SSSR count). The van der Waals surface area contributed by atoms with Gasteiger partial charge in [-0.25, -0.2) is 4.98 Å². The van der Waals surface area contributed by atoms with Crippen molar-refractivity contribution >= 4 is 98.0 Å². The number of aromatic nitrogens is 6. The van der Waals surface area contributed by atoms with Crippen LogP contribution in [0.25, 0.3) is 138 Å². The van der Waals surface area contributed by atoms with E-state index < -0.39 is 0 Å². The number of hydrogen-bond acceptors (Lipinski definition) is 3. The fourth-order valence-electron chi connectivity index (χ4n) is 11.2. The van der Waals surface area contributed by atoms with E-state index in [9.17, 15) is 0 Å². The van der Waals surface area contributed by atoms with Gasteiger partial charge in [-0.15, -0.1) is 10.2 Å². The first kappa shape index (κ1) is 37.8. The van der Waals surface area contributed by atoms with Gasteiger partial charge in [-0.1, -0.05) is 146 Å². The molecule has 0 saturated carbocycles. The third-order valence-electron chi connectivity index (χ3n) is 14.3. The monoisotopic (exact) mass is 878 g/mol. The van der Waals surface area contributed by atoms with E-state index in [1.54, 1.807) is 0 Å². The molecular formula is C63H38N6. The Kier molecular flexibility index (Phi) is 7.97. The Bertz CT molecular complexity index is 4550. The minimum Gasteiger partial charge on any atom is -0.309 e. The standard InChI is InChI=1S/C63H38N6/c1-3-15-43(16-4-1)67-55-23-11-9-21-47(55)53-37-41(29-33-59(53)67)39-27-31-49-51(35-39)52-36-40(42-30-34-60-54(38-42)48-22-10-12-24-56(48)68(60)44-17-5-2-6-18-44)28-32-50(52)62-61(49)64-63(66-65-62)69-57-25-13-7-19-45(57)46-20-8-14-26-58(46)69/h1-38H. The molecule has 11 aromatic carbocycles.